The highest BCUT2D eigenvalue weighted by Gasteiger charge is 2.36. The molecule has 0 unspecified atom stereocenters. The standard InChI is InChI=1S/C60H47NO/c1-59(2)53-15-9-8-14-51(53)52-36-28-46(38-55(52)59)44-24-32-49(33-25-44)61(48-30-22-43(23-31-48)42-20-18-41(19-21-42)40-12-6-5-7-13-40)50-34-26-45(27-35-50)47-29-37-58-56(39-47)60(3,4)54-16-10-11-17-57(54)62-58/h5-39H,1-4H3. The van der Waals surface area contributed by atoms with Gasteiger partial charge in [-0.05, 0) is 127 Å². The summed E-state index contributed by atoms with van der Waals surface area (Å²) in [6.45, 7) is 9.27. The Labute approximate surface area is 365 Å². The highest BCUT2D eigenvalue weighted by molar-refractivity contribution is 5.85. The van der Waals surface area contributed by atoms with Gasteiger partial charge in [0.05, 0.1) is 0 Å². The third-order valence-corrected chi connectivity index (χ3v) is 13.4. The quantitative estimate of drug-likeness (QED) is 0.159. The summed E-state index contributed by atoms with van der Waals surface area (Å²) in [5.41, 5.74) is 20.5. The van der Waals surface area contributed by atoms with Crippen molar-refractivity contribution in [3.63, 3.8) is 0 Å². The number of hydrogen-bond donors (Lipinski definition) is 0. The number of ether oxygens (including phenoxy) is 1. The van der Waals surface area contributed by atoms with Crippen LogP contribution in [0.4, 0.5) is 17.1 Å². The number of fused-ring (bicyclic) bond motifs is 5. The molecule has 9 aromatic rings. The van der Waals surface area contributed by atoms with Crippen LogP contribution in [0.3, 0.4) is 0 Å². The number of nitrogens with zero attached hydrogens (tertiary/aromatic N) is 1. The van der Waals surface area contributed by atoms with Crippen LogP contribution in [0.15, 0.2) is 212 Å². The predicted molar refractivity (Wildman–Crippen MR) is 259 cm³/mol. The molecule has 11 rings (SSSR count). The van der Waals surface area contributed by atoms with Gasteiger partial charge in [0.25, 0.3) is 0 Å². The lowest BCUT2D eigenvalue weighted by molar-refractivity contribution is 0.418. The van der Waals surface area contributed by atoms with Gasteiger partial charge in [-0.1, -0.05) is 179 Å². The smallest absolute Gasteiger partial charge is 0.131 e. The number of para-hydroxylation sites is 1. The van der Waals surface area contributed by atoms with Crippen LogP contribution >= 0.6 is 0 Å². The van der Waals surface area contributed by atoms with Gasteiger partial charge >= 0.3 is 0 Å². The maximum Gasteiger partial charge on any atom is 0.131 e. The lowest BCUT2D eigenvalue weighted by Gasteiger charge is -2.34. The Morgan fingerprint density at radius 3 is 1.24 bits per heavy atom. The lowest BCUT2D eigenvalue weighted by atomic mass is 9.75. The Morgan fingerprint density at radius 2 is 0.661 bits per heavy atom. The minimum atomic E-state index is -0.180. The molecule has 0 saturated carbocycles. The summed E-state index contributed by atoms with van der Waals surface area (Å²) in [5, 5.41) is 0. The molecule has 0 spiro atoms. The average molecular weight is 798 g/mol. The minimum Gasteiger partial charge on any atom is -0.457 e. The van der Waals surface area contributed by atoms with E-state index < -0.39 is 0 Å². The van der Waals surface area contributed by atoms with E-state index in [9.17, 15) is 0 Å². The van der Waals surface area contributed by atoms with Crippen molar-refractivity contribution in [3.05, 3.63) is 235 Å². The molecular formula is C60H47NO. The van der Waals surface area contributed by atoms with Crippen molar-refractivity contribution in [2.24, 2.45) is 0 Å². The van der Waals surface area contributed by atoms with Crippen LogP contribution < -0.4 is 9.64 Å². The summed E-state index contributed by atoms with van der Waals surface area (Å²) in [6, 6.07) is 77.3. The van der Waals surface area contributed by atoms with Crippen molar-refractivity contribution in [2.45, 2.75) is 38.5 Å². The van der Waals surface area contributed by atoms with Gasteiger partial charge in [-0.2, -0.15) is 0 Å². The van der Waals surface area contributed by atoms with Crippen LogP contribution in [0.1, 0.15) is 49.9 Å². The van der Waals surface area contributed by atoms with Gasteiger partial charge in [-0.3, -0.25) is 0 Å². The summed E-state index contributed by atoms with van der Waals surface area (Å²) in [4.78, 5) is 2.36. The van der Waals surface area contributed by atoms with Gasteiger partial charge in [-0.25, -0.2) is 0 Å². The van der Waals surface area contributed by atoms with Gasteiger partial charge < -0.3 is 9.64 Å². The molecule has 298 valence electrons. The van der Waals surface area contributed by atoms with Crippen LogP contribution in [0.25, 0.3) is 55.6 Å². The van der Waals surface area contributed by atoms with Crippen molar-refractivity contribution < 1.29 is 4.74 Å². The van der Waals surface area contributed by atoms with Crippen LogP contribution in [0.2, 0.25) is 0 Å². The molecule has 9 aromatic carbocycles. The SMILES string of the molecule is CC1(C)c2ccccc2Oc2ccc(-c3ccc(N(c4ccc(-c5ccc(-c6ccccc6)cc5)cc4)c4ccc(-c5ccc6c(c5)C(C)(C)c5ccccc5-6)cc4)cc3)cc21. The van der Waals surface area contributed by atoms with Gasteiger partial charge in [0.15, 0.2) is 0 Å². The first-order chi connectivity index (χ1) is 30.2. The molecule has 0 N–H and O–H groups in total. The van der Waals surface area contributed by atoms with E-state index in [-0.39, 0.29) is 10.8 Å². The van der Waals surface area contributed by atoms with Crippen LogP contribution in [0.5, 0.6) is 11.5 Å². The monoisotopic (exact) mass is 797 g/mol. The molecule has 0 fully saturated rings. The van der Waals surface area contributed by atoms with Gasteiger partial charge in [0.2, 0.25) is 0 Å². The van der Waals surface area contributed by atoms with Gasteiger partial charge in [0.1, 0.15) is 11.5 Å². The van der Waals surface area contributed by atoms with Crippen molar-refractivity contribution in [2.75, 3.05) is 4.90 Å². The maximum absolute atomic E-state index is 6.38. The largest absolute Gasteiger partial charge is 0.457 e. The molecule has 2 aliphatic rings. The summed E-state index contributed by atoms with van der Waals surface area (Å²) in [7, 11) is 0. The maximum atomic E-state index is 6.38. The minimum absolute atomic E-state index is 0.0462. The zero-order chi connectivity index (χ0) is 42.0. The zero-order valence-electron chi connectivity index (χ0n) is 35.6. The first-order valence-corrected chi connectivity index (χ1v) is 21.7. The molecule has 1 heterocycles. The normalized spacial score (nSPS) is 13.9. The Bertz CT molecular complexity index is 3100. The third-order valence-electron chi connectivity index (χ3n) is 13.4. The average Bonchev–Trinajstić information content (AvgIpc) is 3.55. The van der Waals surface area contributed by atoms with E-state index in [1.54, 1.807) is 0 Å². The number of benzene rings is 9. The van der Waals surface area contributed by atoms with E-state index in [0.717, 1.165) is 34.1 Å². The zero-order valence-corrected chi connectivity index (χ0v) is 35.6. The molecule has 0 saturated heterocycles. The molecule has 1 aliphatic carbocycles. The lowest BCUT2D eigenvalue weighted by Crippen LogP contribution is -2.24. The van der Waals surface area contributed by atoms with Crippen molar-refractivity contribution in [1.82, 2.24) is 0 Å². The molecule has 2 nitrogen and oxygen atoms in total. The Kier molecular flexibility index (Phi) is 8.87. The highest BCUT2D eigenvalue weighted by Crippen LogP contribution is 2.51. The number of hydrogen-bond acceptors (Lipinski definition) is 2. The fourth-order valence-corrected chi connectivity index (χ4v) is 9.85. The molecule has 62 heavy (non-hydrogen) atoms. The first-order valence-electron chi connectivity index (χ1n) is 21.7. The number of anilines is 3. The molecular weight excluding hydrogens is 751 g/mol. The second kappa shape index (κ2) is 14.6. The predicted octanol–water partition coefficient (Wildman–Crippen LogP) is 16.6. The third kappa shape index (κ3) is 6.34. The highest BCUT2D eigenvalue weighted by atomic mass is 16.5. The fraction of sp³-hybridized carbons (Fsp3) is 0.100. The van der Waals surface area contributed by atoms with Gasteiger partial charge in [0, 0.05) is 39.0 Å². The summed E-state index contributed by atoms with van der Waals surface area (Å²) < 4.78 is 6.38. The van der Waals surface area contributed by atoms with Crippen molar-refractivity contribution >= 4 is 17.1 Å². The molecule has 2 heteroatoms. The molecule has 0 atom stereocenters. The topological polar surface area (TPSA) is 12.5 Å². The Balaban J connectivity index is 0.933. The van der Waals surface area contributed by atoms with Crippen molar-refractivity contribution in [1.29, 1.82) is 0 Å². The molecule has 0 radical (unpaired) electrons. The Hall–Kier alpha value is -7.42. The van der Waals surface area contributed by atoms with E-state index in [4.69, 9.17) is 4.74 Å². The first kappa shape index (κ1) is 37.6. The van der Waals surface area contributed by atoms with Crippen LogP contribution in [-0.4, -0.2) is 0 Å². The van der Waals surface area contributed by atoms with E-state index in [0.29, 0.717) is 0 Å². The second-order valence-corrected chi connectivity index (χ2v) is 17.8. The van der Waals surface area contributed by atoms with E-state index >= 15 is 0 Å². The molecule has 0 aromatic heterocycles. The summed E-state index contributed by atoms with van der Waals surface area (Å²) >= 11 is 0. The van der Waals surface area contributed by atoms with E-state index in [2.05, 4.69) is 239 Å². The van der Waals surface area contributed by atoms with Crippen molar-refractivity contribution in [3.8, 4) is 67.1 Å². The van der Waals surface area contributed by atoms with E-state index in [1.807, 2.05) is 6.07 Å². The van der Waals surface area contributed by atoms with Crippen LogP contribution in [0, 0.1) is 0 Å². The second-order valence-electron chi connectivity index (χ2n) is 17.8. The number of rotatable bonds is 7. The van der Waals surface area contributed by atoms with Crippen LogP contribution in [-0.2, 0) is 10.8 Å². The molecule has 0 amide bonds. The van der Waals surface area contributed by atoms with Gasteiger partial charge in [-0.15, -0.1) is 0 Å². The van der Waals surface area contributed by atoms with E-state index in [1.165, 1.54) is 72.3 Å². The molecule has 1 aliphatic heterocycles. The molecule has 0 bridgehead atoms. The Morgan fingerprint density at radius 1 is 0.290 bits per heavy atom. The fourth-order valence-electron chi connectivity index (χ4n) is 9.85. The summed E-state index contributed by atoms with van der Waals surface area (Å²) in [5.74, 6) is 1.86. The summed E-state index contributed by atoms with van der Waals surface area (Å²) in [6.07, 6.45) is 0.